The van der Waals surface area contributed by atoms with Crippen LogP contribution in [0, 0.1) is 11.8 Å². The van der Waals surface area contributed by atoms with Gasteiger partial charge in [0.1, 0.15) is 0 Å². The van der Waals surface area contributed by atoms with E-state index in [1.807, 2.05) is 0 Å². The number of hydrogen-bond acceptors (Lipinski definition) is 6. The molecule has 0 saturated carbocycles. The van der Waals surface area contributed by atoms with Crippen molar-refractivity contribution < 1.29 is 38.3 Å². The first-order valence-electron chi connectivity index (χ1n) is 9.79. The van der Waals surface area contributed by atoms with Gasteiger partial charge in [0, 0.05) is 0 Å². The van der Waals surface area contributed by atoms with Gasteiger partial charge in [0.25, 0.3) is 0 Å². The largest absolute Gasteiger partial charge is 0.352 e. The third-order valence-electron chi connectivity index (χ3n) is 4.84. The van der Waals surface area contributed by atoms with Crippen molar-refractivity contribution in [2.75, 3.05) is 0 Å². The van der Waals surface area contributed by atoms with Crippen LogP contribution in [-0.2, 0) is 18.7 Å². The molecule has 0 aliphatic carbocycles. The highest BCUT2D eigenvalue weighted by atomic mass is 31.2. The van der Waals surface area contributed by atoms with Gasteiger partial charge >= 0.3 is 15.2 Å². The summed E-state index contributed by atoms with van der Waals surface area (Å²) < 4.78 is 23.9. The van der Waals surface area contributed by atoms with Crippen molar-refractivity contribution in [3.63, 3.8) is 0 Å². The summed E-state index contributed by atoms with van der Waals surface area (Å²) in [7, 11) is -9.73. The molecule has 2 amide bonds. The van der Waals surface area contributed by atoms with Gasteiger partial charge in [-0.1, -0.05) is 52.0 Å². The monoisotopic (exact) mass is 494 g/mol. The number of rotatable bonds is 10. The predicted molar refractivity (Wildman–Crippen MR) is 118 cm³/mol. The number of benzene rings is 1. The molecule has 0 aliphatic heterocycles. The molecule has 0 spiro atoms. The Labute approximate surface area is 186 Å². The molecular formula is C18H32N4O8P2. The second-order valence-corrected chi connectivity index (χ2v) is 11.6. The first-order valence-corrected chi connectivity index (χ1v) is 13.1. The van der Waals surface area contributed by atoms with Crippen molar-refractivity contribution >= 4 is 27.0 Å². The molecular weight excluding hydrogens is 462 g/mol. The smallest absolute Gasteiger partial charge is 0.337 e. The Morgan fingerprint density at radius 2 is 0.969 bits per heavy atom. The molecule has 32 heavy (non-hydrogen) atoms. The average Bonchev–Trinajstić information content (AvgIpc) is 2.66. The van der Waals surface area contributed by atoms with E-state index in [1.54, 1.807) is 27.7 Å². The van der Waals surface area contributed by atoms with Gasteiger partial charge in [0.2, 0.25) is 11.8 Å². The van der Waals surface area contributed by atoms with Gasteiger partial charge in [-0.2, -0.15) is 0 Å². The Morgan fingerprint density at radius 3 is 1.16 bits per heavy atom. The van der Waals surface area contributed by atoms with Crippen LogP contribution >= 0.6 is 15.2 Å². The van der Waals surface area contributed by atoms with Crippen LogP contribution in [0.5, 0.6) is 0 Å². The minimum absolute atomic E-state index is 0.0129. The SMILES string of the molecule is CC(C)[C@H](N)C(=O)NC(c1ccc(C(NC(=O)[C@@H](N)C(C)C)P(=O)(O)O)cc1)P(=O)(O)O. The number of carbonyl (C=O) groups is 2. The highest BCUT2D eigenvalue weighted by molar-refractivity contribution is 7.52. The highest BCUT2D eigenvalue weighted by Crippen LogP contribution is 2.52. The number of hydrogen-bond donors (Lipinski definition) is 8. The van der Waals surface area contributed by atoms with Gasteiger partial charge in [0.15, 0.2) is 11.6 Å². The normalized spacial score (nSPS) is 16.4. The molecule has 0 heterocycles. The average molecular weight is 494 g/mol. The van der Waals surface area contributed by atoms with Crippen LogP contribution in [0.2, 0.25) is 0 Å². The summed E-state index contributed by atoms with van der Waals surface area (Å²) >= 11 is 0. The van der Waals surface area contributed by atoms with Crippen LogP contribution in [0.25, 0.3) is 0 Å². The predicted octanol–water partition coefficient (Wildman–Crippen LogP) is 0.238. The molecule has 0 aromatic heterocycles. The molecule has 1 aromatic carbocycles. The fourth-order valence-corrected chi connectivity index (χ4v) is 4.36. The lowest BCUT2D eigenvalue weighted by atomic mass is 10.0. The molecule has 12 nitrogen and oxygen atoms in total. The number of carbonyl (C=O) groups excluding carboxylic acids is 2. The first-order chi connectivity index (χ1) is 14.5. The van der Waals surface area contributed by atoms with E-state index in [0.717, 1.165) is 0 Å². The maximum absolute atomic E-state index is 12.2. The van der Waals surface area contributed by atoms with Gasteiger partial charge in [-0.25, -0.2) is 0 Å². The minimum Gasteiger partial charge on any atom is -0.337 e. The maximum atomic E-state index is 12.2. The lowest BCUT2D eigenvalue weighted by molar-refractivity contribution is -0.124. The molecule has 4 atom stereocenters. The molecule has 2 unspecified atom stereocenters. The minimum atomic E-state index is -4.87. The summed E-state index contributed by atoms with van der Waals surface area (Å²) in [6.07, 6.45) is 0. The summed E-state index contributed by atoms with van der Waals surface area (Å²) in [6.45, 7) is 6.70. The second-order valence-electron chi connectivity index (χ2n) is 8.21. The van der Waals surface area contributed by atoms with E-state index in [2.05, 4.69) is 10.6 Å². The van der Waals surface area contributed by atoms with Crippen molar-refractivity contribution in [2.45, 2.75) is 51.3 Å². The molecule has 0 saturated heterocycles. The molecule has 182 valence electrons. The van der Waals surface area contributed by atoms with Crippen molar-refractivity contribution in [3.05, 3.63) is 35.4 Å². The standard InChI is InChI=1S/C18H32N4O8P2/c1-9(2)13(19)15(23)21-17(31(25,26)27)11-5-7-12(8-6-11)18(32(28,29)30)22-16(24)14(20)10(3)4/h5-10,13-14,17-18H,19-20H2,1-4H3,(H,21,23)(H,22,24)(H2,25,26,27)(H2,28,29,30)/t13-,14-,17?,18?/m0/s1. The lowest BCUT2D eigenvalue weighted by Gasteiger charge is -2.25. The van der Waals surface area contributed by atoms with Crippen molar-refractivity contribution in [2.24, 2.45) is 23.3 Å². The van der Waals surface area contributed by atoms with Gasteiger partial charge < -0.3 is 41.7 Å². The van der Waals surface area contributed by atoms with E-state index in [-0.39, 0.29) is 23.0 Å². The molecule has 1 rings (SSSR count). The Hall–Kier alpha value is -1.62. The third-order valence-corrected chi connectivity index (χ3v) is 7.04. The van der Waals surface area contributed by atoms with Crippen molar-refractivity contribution in [1.29, 1.82) is 0 Å². The summed E-state index contributed by atoms with van der Waals surface area (Å²) in [6, 6.07) is 2.77. The number of amides is 2. The van der Waals surface area contributed by atoms with Crippen LogP contribution < -0.4 is 22.1 Å². The third kappa shape index (κ3) is 7.75. The zero-order valence-corrected chi connectivity index (χ0v) is 20.0. The van der Waals surface area contributed by atoms with E-state index < -0.39 is 50.7 Å². The van der Waals surface area contributed by atoms with Crippen molar-refractivity contribution in [3.8, 4) is 0 Å². The zero-order valence-electron chi connectivity index (χ0n) is 18.2. The number of nitrogens with two attached hydrogens (primary N) is 2. The number of nitrogens with one attached hydrogen (secondary N) is 2. The second kappa shape index (κ2) is 11.0. The summed E-state index contributed by atoms with van der Waals surface area (Å²) in [4.78, 5) is 63.2. The summed E-state index contributed by atoms with van der Waals surface area (Å²) in [5, 5.41) is 4.45. The van der Waals surface area contributed by atoms with E-state index in [9.17, 15) is 38.3 Å². The molecule has 14 heteroatoms. The van der Waals surface area contributed by atoms with Crippen molar-refractivity contribution in [1.82, 2.24) is 10.6 Å². The highest BCUT2D eigenvalue weighted by Gasteiger charge is 2.36. The summed E-state index contributed by atoms with van der Waals surface area (Å²) in [5.41, 5.74) is 11.4. The topological polar surface area (TPSA) is 225 Å². The Morgan fingerprint density at radius 1 is 0.719 bits per heavy atom. The van der Waals surface area contributed by atoms with Crippen LogP contribution in [0.4, 0.5) is 0 Å². The fourth-order valence-electron chi connectivity index (χ4n) is 2.65. The fraction of sp³-hybridized carbons (Fsp3) is 0.556. The van der Waals surface area contributed by atoms with E-state index in [1.165, 1.54) is 24.3 Å². The van der Waals surface area contributed by atoms with Crippen LogP contribution in [0.15, 0.2) is 24.3 Å². The van der Waals surface area contributed by atoms with Crippen LogP contribution in [-0.4, -0.2) is 43.5 Å². The zero-order chi connectivity index (χ0) is 25.0. The molecule has 0 radical (unpaired) electrons. The van der Waals surface area contributed by atoms with Gasteiger partial charge in [-0.3, -0.25) is 18.7 Å². The lowest BCUT2D eigenvalue weighted by Crippen LogP contribution is -2.45. The molecule has 0 fully saturated rings. The maximum Gasteiger partial charge on any atom is 0.352 e. The molecule has 0 bridgehead atoms. The van der Waals surface area contributed by atoms with E-state index in [0.29, 0.717) is 0 Å². The van der Waals surface area contributed by atoms with E-state index >= 15 is 0 Å². The van der Waals surface area contributed by atoms with Crippen LogP contribution in [0.1, 0.15) is 50.4 Å². The van der Waals surface area contributed by atoms with Gasteiger partial charge in [0.05, 0.1) is 12.1 Å². The molecule has 1 aromatic rings. The van der Waals surface area contributed by atoms with Gasteiger partial charge in [-0.05, 0) is 23.0 Å². The Bertz CT molecular complexity index is 824. The molecule has 10 N–H and O–H groups in total. The molecule has 0 aliphatic rings. The van der Waals surface area contributed by atoms with Gasteiger partial charge in [-0.15, -0.1) is 0 Å². The van der Waals surface area contributed by atoms with Crippen LogP contribution in [0.3, 0.4) is 0 Å². The van der Waals surface area contributed by atoms with E-state index in [4.69, 9.17) is 11.5 Å². The quantitative estimate of drug-likeness (QED) is 0.207. The summed E-state index contributed by atoms with van der Waals surface area (Å²) in [5.74, 6) is -5.52. The first kappa shape index (κ1) is 28.4. The Balaban J connectivity index is 3.24. The Kier molecular flexibility index (Phi) is 9.77.